The highest BCUT2D eigenvalue weighted by Crippen LogP contribution is 2.47. The lowest BCUT2D eigenvalue weighted by Crippen LogP contribution is -2.47. The fourth-order valence-electron chi connectivity index (χ4n) is 5.34. The molecule has 2 aromatic rings. The molecule has 178 valence electrons. The van der Waals surface area contributed by atoms with Gasteiger partial charge in [0, 0.05) is 38.4 Å². The van der Waals surface area contributed by atoms with Gasteiger partial charge in [0.15, 0.2) is 6.61 Å². The highest BCUT2D eigenvalue weighted by molar-refractivity contribution is 5.78. The number of nitrogens with two attached hydrogens (primary N) is 1. The predicted octanol–water partition coefficient (Wildman–Crippen LogP) is 4.61. The summed E-state index contributed by atoms with van der Waals surface area (Å²) in [6.07, 6.45) is 3.37. The van der Waals surface area contributed by atoms with Crippen LogP contribution in [0.25, 0.3) is 0 Å². The molecule has 2 unspecified atom stereocenters. The molecule has 1 saturated carbocycles. The number of hydrogen-bond acceptors (Lipinski definition) is 4. The lowest BCUT2D eigenvalue weighted by Gasteiger charge is -2.37. The SMILES string of the molecule is Cc1c(C)c(OCC(=O)N(C)C2CCN(CC3CC3c3ccccc3)CC2)c(C)c(C)c1N. The molecule has 1 aliphatic carbocycles. The number of amides is 1. The van der Waals surface area contributed by atoms with Gasteiger partial charge in [-0.25, -0.2) is 0 Å². The number of ether oxygens (including phenoxy) is 1. The van der Waals surface area contributed by atoms with Gasteiger partial charge >= 0.3 is 0 Å². The molecule has 1 aliphatic heterocycles. The summed E-state index contributed by atoms with van der Waals surface area (Å²) >= 11 is 0. The van der Waals surface area contributed by atoms with E-state index in [2.05, 4.69) is 35.2 Å². The first-order valence-corrected chi connectivity index (χ1v) is 12.3. The molecule has 1 saturated heterocycles. The van der Waals surface area contributed by atoms with Crippen molar-refractivity contribution in [2.75, 3.05) is 39.0 Å². The van der Waals surface area contributed by atoms with E-state index in [-0.39, 0.29) is 12.5 Å². The third-order valence-electron chi connectivity index (χ3n) is 8.10. The second kappa shape index (κ2) is 9.76. The maximum atomic E-state index is 12.9. The Labute approximate surface area is 198 Å². The topological polar surface area (TPSA) is 58.8 Å². The van der Waals surface area contributed by atoms with Crippen molar-refractivity contribution in [1.82, 2.24) is 9.80 Å². The first-order valence-electron chi connectivity index (χ1n) is 12.3. The zero-order chi connectivity index (χ0) is 23.7. The number of nitrogens with zero attached hydrogens (tertiary/aromatic N) is 2. The zero-order valence-electron chi connectivity index (χ0n) is 20.9. The van der Waals surface area contributed by atoms with Crippen molar-refractivity contribution < 1.29 is 9.53 Å². The van der Waals surface area contributed by atoms with Gasteiger partial charge in [0.1, 0.15) is 5.75 Å². The van der Waals surface area contributed by atoms with Crippen LogP contribution in [0.1, 0.15) is 53.0 Å². The Hall–Kier alpha value is -2.53. The number of carbonyl (C=O) groups is 1. The average molecular weight is 450 g/mol. The monoisotopic (exact) mass is 449 g/mol. The van der Waals surface area contributed by atoms with Gasteiger partial charge in [-0.3, -0.25) is 4.79 Å². The zero-order valence-corrected chi connectivity index (χ0v) is 20.9. The summed E-state index contributed by atoms with van der Waals surface area (Å²) < 4.78 is 6.04. The Kier molecular flexibility index (Phi) is 6.99. The lowest BCUT2D eigenvalue weighted by atomic mass is 9.97. The van der Waals surface area contributed by atoms with Gasteiger partial charge in [-0.15, -0.1) is 0 Å². The van der Waals surface area contributed by atoms with Gasteiger partial charge in [0.25, 0.3) is 5.91 Å². The maximum Gasteiger partial charge on any atom is 0.260 e. The molecule has 5 heteroatoms. The van der Waals surface area contributed by atoms with Gasteiger partial charge in [0.2, 0.25) is 0 Å². The van der Waals surface area contributed by atoms with Gasteiger partial charge in [0.05, 0.1) is 0 Å². The van der Waals surface area contributed by atoms with Crippen LogP contribution in [-0.4, -0.2) is 55.0 Å². The first kappa shape index (κ1) is 23.6. The van der Waals surface area contributed by atoms with E-state index < -0.39 is 0 Å². The van der Waals surface area contributed by atoms with E-state index in [0.717, 1.165) is 71.5 Å². The van der Waals surface area contributed by atoms with Crippen LogP contribution in [0.5, 0.6) is 5.75 Å². The number of hydrogen-bond donors (Lipinski definition) is 1. The van der Waals surface area contributed by atoms with Crippen LogP contribution >= 0.6 is 0 Å². The van der Waals surface area contributed by atoms with Crippen LogP contribution in [0.15, 0.2) is 30.3 Å². The van der Waals surface area contributed by atoms with Crippen molar-refractivity contribution in [3.8, 4) is 5.75 Å². The Morgan fingerprint density at radius 3 is 2.24 bits per heavy atom. The van der Waals surface area contributed by atoms with Gasteiger partial charge in [-0.05, 0) is 86.6 Å². The van der Waals surface area contributed by atoms with Gasteiger partial charge in [-0.1, -0.05) is 30.3 Å². The van der Waals surface area contributed by atoms with E-state index in [0.29, 0.717) is 6.04 Å². The van der Waals surface area contributed by atoms with Crippen LogP contribution < -0.4 is 10.5 Å². The third-order valence-corrected chi connectivity index (χ3v) is 8.10. The number of rotatable bonds is 7. The Morgan fingerprint density at radius 1 is 1.03 bits per heavy atom. The van der Waals surface area contributed by atoms with Crippen molar-refractivity contribution in [1.29, 1.82) is 0 Å². The molecule has 2 aliphatic rings. The highest BCUT2D eigenvalue weighted by atomic mass is 16.5. The quantitative estimate of drug-likeness (QED) is 0.627. The standard InChI is InChI=1S/C28H39N3O2/c1-18-20(3)28(21(4)19(2)27(18)29)33-17-26(32)30(5)24-11-13-31(14-12-24)16-23-15-25(23)22-9-7-6-8-10-22/h6-10,23-25H,11-17,29H2,1-5H3. The molecule has 0 bridgehead atoms. The molecular weight excluding hydrogens is 410 g/mol. The second-order valence-corrected chi connectivity index (χ2v) is 10.1. The van der Waals surface area contributed by atoms with Crippen LogP contribution in [-0.2, 0) is 4.79 Å². The van der Waals surface area contributed by atoms with E-state index >= 15 is 0 Å². The minimum absolute atomic E-state index is 0.0470. The van der Waals surface area contributed by atoms with Crippen molar-refractivity contribution in [2.24, 2.45) is 5.92 Å². The molecule has 1 amide bonds. The first-order chi connectivity index (χ1) is 15.8. The van der Waals surface area contributed by atoms with E-state index in [1.807, 2.05) is 39.6 Å². The summed E-state index contributed by atoms with van der Waals surface area (Å²) in [6, 6.07) is 11.2. The van der Waals surface area contributed by atoms with Crippen molar-refractivity contribution in [3.05, 3.63) is 58.1 Å². The minimum atomic E-state index is 0.0470. The molecule has 2 atom stereocenters. The molecular formula is C28H39N3O2. The summed E-state index contributed by atoms with van der Waals surface area (Å²) in [5.41, 5.74) is 12.6. The lowest BCUT2D eigenvalue weighted by molar-refractivity contribution is -0.135. The minimum Gasteiger partial charge on any atom is -0.483 e. The Morgan fingerprint density at radius 2 is 1.64 bits per heavy atom. The second-order valence-electron chi connectivity index (χ2n) is 10.1. The van der Waals surface area contributed by atoms with E-state index in [4.69, 9.17) is 10.5 Å². The molecule has 4 rings (SSSR count). The number of carbonyl (C=O) groups excluding carboxylic acids is 1. The van der Waals surface area contributed by atoms with Crippen molar-refractivity contribution >= 4 is 11.6 Å². The third kappa shape index (κ3) is 5.03. The number of piperidine rings is 1. The number of likely N-dealkylation sites (tertiary alicyclic amines) is 1. The van der Waals surface area contributed by atoms with E-state index in [9.17, 15) is 4.79 Å². The number of benzene rings is 2. The molecule has 1 heterocycles. The normalized spacial score (nSPS) is 21.1. The summed E-state index contributed by atoms with van der Waals surface area (Å²) in [5, 5.41) is 0. The molecule has 2 fully saturated rings. The summed E-state index contributed by atoms with van der Waals surface area (Å²) in [4.78, 5) is 17.4. The fraction of sp³-hybridized carbons (Fsp3) is 0.536. The Balaban J connectivity index is 1.25. The van der Waals surface area contributed by atoms with Crippen LogP contribution in [0.4, 0.5) is 5.69 Å². The number of likely N-dealkylation sites (N-methyl/N-ethyl adjacent to an activating group) is 1. The molecule has 33 heavy (non-hydrogen) atoms. The Bertz CT molecular complexity index is 967. The van der Waals surface area contributed by atoms with Crippen molar-refractivity contribution in [3.63, 3.8) is 0 Å². The molecule has 0 aromatic heterocycles. The largest absolute Gasteiger partial charge is 0.483 e. The number of anilines is 1. The maximum absolute atomic E-state index is 12.9. The summed E-state index contributed by atoms with van der Waals surface area (Å²) in [6.45, 7) is 11.4. The molecule has 5 nitrogen and oxygen atoms in total. The number of nitrogen functional groups attached to an aromatic ring is 1. The summed E-state index contributed by atoms with van der Waals surface area (Å²) in [5.74, 6) is 2.37. The van der Waals surface area contributed by atoms with Crippen LogP contribution in [0, 0.1) is 33.6 Å². The van der Waals surface area contributed by atoms with Crippen molar-refractivity contribution in [2.45, 2.75) is 58.9 Å². The molecule has 2 N–H and O–H groups in total. The van der Waals surface area contributed by atoms with Gasteiger partial charge in [-0.2, -0.15) is 0 Å². The van der Waals surface area contributed by atoms with Crippen LogP contribution in [0.2, 0.25) is 0 Å². The smallest absolute Gasteiger partial charge is 0.260 e. The average Bonchev–Trinajstić information content (AvgIpc) is 3.61. The molecule has 0 radical (unpaired) electrons. The summed E-state index contributed by atoms with van der Waals surface area (Å²) in [7, 11) is 1.93. The van der Waals surface area contributed by atoms with Gasteiger partial charge < -0.3 is 20.3 Å². The van der Waals surface area contributed by atoms with E-state index in [1.54, 1.807) is 0 Å². The predicted molar refractivity (Wildman–Crippen MR) is 135 cm³/mol. The van der Waals surface area contributed by atoms with E-state index in [1.165, 1.54) is 18.5 Å². The fourth-order valence-corrected chi connectivity index (χ4v) is 5.34. The van der Waals surface area contributed by atoms with Crippen LogP contribution in [0.3, 0.4) is 0 Å². The molecule has 0 spiro atoms. The molecule has 2 aromatic carbocycles. The highest BCUT2D eigenvalue weighted by Gasteiger charge is 2.39.